The van der Waals surface area contributed by atoms with Crippen LogP contribution in [0.15, 0.2) is 42.5 Å². The Morgan fingerprint density at radius 1 is 1.08 bits per heavy atom. The number of hydrogen-bond donors (Lipinski definition) is 1. The van der Waals surface area contributed by atoms with E-state index in [9.17, 15) is 4.79 Å². The highest BCUT2D eigenvalue weighted by Gasteiger charge is 2.31. The zero-order valence-electron chi connectivity index (χ0n) is 16.3. The number of hydrogen-bond acceptors (Lipinski definition) is 2. The number of urea groups is 1. The van der Waals surface area contributed by atoms with Crippen LogP contribution < -0.4 is 5.32 Å². The molecule has 0 radical (unpaired) electrons. The molecule has 0 saturated carbocycles. The van der Waals surface area contributed by atoms with Gasteiger partial charge < -0.3 is 10.2 Å². The summed E-state index contributed by atoms with van der Waals surface area (Å²) in [5, 5.41) is 3.14. The van der Waals surface area contributed by atoms with Gasteiger partial charge in [-0.15, -0.1) is 11.8 Å². The Balaban J connectivity index is 1.75. The minimum Gasteiger partial charge on any atom is -0.308 e. The van der Waals surface area contributed by atoms with Crippen LogP contribution in [0.2, 0.25) is 0 Å². The highest BCUT2D eigenvalue weighted by atomic mass is 32.2. The molecule has 3 nitrogen and oxygen atoms in total. The van der Waals surface area contributed by atoms with E-state index in [1.165, 1.54) is 22.3 Å². The molecule has 1 fully saturated rings. The summed E-state index contributed by atoms with van der Waals surface area (Å²) < 4.78 is 0. The van der Waals surface area contributed by atoms with Crippen molar-refractivity contribution in [1.82, 2.24) is 4.90 Å². The Kier molecular flexibility index (Phi) is 5.33. The fourth-order valence-electron chi connectivity index (χ4n) is 3.12. The molecule has 1 heterocycles. The summed E-state index contributed by atoms with van der Waals surface area (Å²) in [5.74, 6) is 0.964. The van der Waals surface area contributed by atoms with Gasteiger partial charge in [0.05, 0.1) is 0 Å². The number of rotatable bonds is 2. The predicted molar refractivity (Wildman–Crippen MR) is 112 cm³/mol. The van der Waals surface area contributed by atoms with Gasteiger partial charge in [0, 0.05) is 18.0 Å². The number of benzene rings is 2. The second kappa shape index (κ2) is 7.36. The quantitative estimate of drug-likeness (QED) is 0.718. The van der Waals surface area contributed by atoms with Gasteiger partial charge in [-0.2, -0.15) is 0 Å². The first-order chi connectivity index (χ1) is 12.3. The number of thioether (sulfide) groups is 1. The van der Waals surface area contributed by atoms with Gasteiger partial charge in [0.25, 0.3) is 0 Å². The molecule has 1 N–H and O–H groups in total. The summed E-state index contributed by atoms with van der Waals surface area (Å²) >= 11 is 1.83. The number of nitrogens with one attached hydrogen (secondary N) is 1. The molecule has 0 aliphatic carbocycles. The SMILES string of the molecule is Cc1ccc(NC(=O)N2CCS[C@@H]2c2ccc(C(C)(C)C)cc2)cc1C. The van der Waals surface area contributed by atoms with E-state index in [0.717, 1.165) is 18.0 Å². The van der Waals surface area contributed by atoms with Crippen LogP contribution in [0.1, 0.15) is 48.4 Å². The lowest BCUT2D eigenvalue weighted by Gasteiger charge is -2.26. The molecular formula is C22H28N2OS. The van der Waals surface area contributed by atoms with Gasteiger partial charge in [0.15, 0.2) is 0 Å². The molecular weight excluding hydrogens is 340 g/mol. The van der Waals surface area contributed by atoms with Crippen LogP contribution in [0.5, 0.6) is 0 Å². The minimum absolute atomic E-state index is 0.0249. The Morgan fingerprint density at radius 2 is 1.77 bits per heavy atom. The second-order valence-electron chi connectivity index (χ2n) is 8.02. The van der Waals surface area contributed by atoms with Gasteiger partial charge in [-0.25, -0.2) is 4.79 Å². The van der Waals surface area contributed by atoms with E-state index in [1.54, 1.807) is 0 Å². The Bertz CT molecular complexity index is 793. The van der Waals surface area contributed by atoms with Crippen LogP contribution in [0.4, 0.5) is 10.5 Å². The van der Waals surface area contributed by atoms with Gasteiger partial charge in [-0.05, 0) is 53.6 Å². The van der Waals surface area contributed by atoms with Crippen molar-refractivity contribution >= 4 is 23.5 Å². The molecule has 1 atom stereocenters. The Hall–Kier alpha value is -1.94. The average molecular weight is 369 g/mol. The van der Waals surface area contributed by atoms with E-state index >= 15 is 0 Å². The first kappa shape index (κ1) is 18.8. The van der Waals surface area contributed by atoms with Crippen molar-refractivity contribution in [1.29, 1.82) is 0 Å². The summed E-state index contributed by atoms with van der Waals surface area (Å²) in [6, 6.07) is 14.7. The number of amides is 2. The summed E-state index contributed by atoms with van der Waals surface area (Å²) in [6.07, 6.45) is 0. The van der Waals surface area contributed by atoms with E-state index < -0.39 is 0 Å². The molecule has 2 aromatic rings. The van der Waals surface area contributed by atoms with Crippen molar-refractivity contribution in [3.63, 3.8) is 0 Å². The lowest BCUT2D eigenvalue weighted by Crippen LogP contribution is -2.34. The maximum absolute atomic E-state index is 12.8. The van der Waals surface area contributed by atoms with Crippen molar-refractivity contribution in [3.05, 3.63) is 64.7 Å². The molecule has 26 heavy (non-hydrogen) atoms. The molecule has 2 amide bonds. The molecule has 1 aliphatic heterocycles. The maximum atomic E-state index is 12.8. The molecule has 0 bridgehead atoms. The predicted octanol–water partition coefficient (Wildman–Crippen LogP) is 5.88. The van der Waals surface area contributed by atoms with Crippen LogP contribution >= 0.6 is 11.8 Å². The second-order valence-corrected chi connectivity index (χ2v) is 9.21. The van der Waals surface area contributed by atoms with E-state index in [-0.39, 0.29) is 16.8 Å². The Morgan fingerprint density at radius 3 is 2.38 bits per heavy atom. The number of nitrogens with zero attached hydrogens (tertiary/aromatic N) is 1. The third-order valence-electron chi connectivity index (χ3n) is 4.97. The minimum atomic E-state index is -0.0249. The third-order valence-corrected chi connectivity index (χ3v) is 6.23. The summed E-state index contributed by atoms with van der Waals surface area (Å²) in [6.45, 7) is 11.6. The average Bonchev–Trinajstić information content (AvgIpc) is 3.07. The molecule has 2 aromatic carbocycles. The number of carbonyl (C=O) groups is 1. The van der Waals surface area contributed by atoms with Gasteiger partial charge >= 0.3 is 6.03 Å². The van der Waals surface area contributed by atoms with Gasteiger partial charge in [-0.3, -0.25) is 0 Å². The van der Waals surface area contributed by atoms with Crippen molar-refractivity contribution in [2.24, 2.45) is 0 Å². The van der Waals surface area contributed by atoms with Crippen LogP contribution in [0, 0.1) is 13.8 Å². The first-order valence-electron chi connectivity index (χ1n) is 9.12. The lowest BCUT2D eigenvalue weighted by molar-refractivity contribution is 0.214. The molecule has 4 heteroatoms. The maximum Gasteiger partial charge on any atom is 0.323 e. The van der Waals surface area contributed by atoms with Crippen LogP contribution in [0.3, 0.4) is 0 Å². The number of anilines is 1. The van der Waals surface area contributed by atoms with Crippen LogP contribution in [-0.4, -0.2) is 23.2 Å². The zero-order valence-corrected chi connectivity index (χ0v) is 17.1. The van der Waals surface area contributed by atoms with E-state index in [0.29, 0.717) is 0 Å². The van der Waals surface area contributed by atoms with Gasteiger partial charge in [0.2, 0.25) is 0 Å². The molecule has 0 unspecified atom stereocenters. The van der Waals surface area contributed by atoms with Crippen molar-refractivity contribution in [3.8, 4) is 0 Å². The largest absolute Gasteiger partial charge is 0.323 e. The standard InChI is InChI=1S/C22H28N2OS/c1-15-6-11-19(14-16(15)2)23-21(25)24-12-13-26-20(24)17-7-9-18(10-8-17)22(3,4)5/h6-11,14,20H,12-13H2,1-5H3,(H,23,25)/t20-/m1/s1. The highest BCUT2D eigenvalue weighted by Crippen LogP contribution is 2.39. The molecule has 1 aliphatic rings. The van der Waals surface area contributed by atoms with Crippen molar-refractivity contribution < 1.29 is 4.79 Å². The fourth-order valence-corrected chi connectivity index (χ4v) is 4.37. The van der Waals surface area contributed by atoms with Crippen LogP contribution in [-0.2, 0) is 5.41 Å². The normalized spacial score (nSPS) is 17.4. The Labute approximate surface area is 161 Å². The molecule has 138 valence electrons. The topological polar surface area (TPSA) is 32.3 Å². The molecule has 0 aromatic heterocycles. The smallest absolute Gasteiger partial charge is 0.308 e. The highest BCUT2D eigenvalue weighted by molar-refractivity contribution is 7.99. The van der Waals surface area contributed by atoms with Crippen molar-refractivity contribution in [2.75, 3.05) is 17.6 Å². The zero-order chi connectivity index (χ0) is 18.9. The molecule has 3 rings (SSSR count). The molecule has 0 spiro atoms. The third kappa shape index (κ3) is 4.07. The summed E-state index contributed by atoms with van der Waals surface area (Å²) in [5.41, 5.74) is 5.93. The number of aryl methyl sites for hydroxylation is 2. The number of carbonyl (C=O) groups excluding carboxylic acids is 1. The van der Waals surface area contributed by atoms with Crippen molar-refractivity contribution in [2.45, 2.75) is 45.4 Å². The van der Waals surface area contributed by atoms with E-state index in [1.807, 2.05) is 34.9 Å². The molecule has 1 saturated heterocycles. The first-order valence-corrected chi connectivity index (χ1v) is 10.2. The monoisotopic (exact) mass is 368 g/mol. The fraction of sp³-hybridized carbons (Fsp3) is 0.409. The summed E-state index contributed by atoms with van der Waals surface area (Å²) in [4.78, 5) is 14.8. The van der Waals surface area contributed by atoms with Crippen LogP contribution in [0.25, 0.3) is 0 Å². The van der Waals surface area contributed by atoms with E-state index in [2.05, 4.69) is 64.2 Å². The van der Waals surface area contributed by atoms with Gasteiger partial charge in [0.1, 0.15) is 5.37 Å². The van der Waals surface area contributed by atoms with E-state index in [4.69, 9.17) is 0 Å². The lowest BCUT2D eigenvalue weighted by atomic mass is 9.87. The van der Waals surface area contributed by atoms with Gasteiger partial charge in [-0.1, -0.05) is 51.1 Å². The summed E-state index contributed by atoms with van der Waals surface area (Å²) in [7, 11) is 0.